The molecule has 0 spiro atoms. The first-order chi connectivity index (χ1) is 7.29. The summed E-state index contributed by atoms with van der Waals surface area (Å²) in [4.78, 5) is 0. The predicted octanol–water partition coefficient (Wildman–Crippen LogP) is 2.62. The van der Waals surface area contributed by atoms with Gasteiger partial charge in [0, 0.05) is 16.1 Å². The lowest BCUT2D eigenvalue weighted by Crippen LogP contribution is -2.28. The molecule has 0 aliphatic rings. The maximum Gasteiger partial charge on any atom is 0.125 e. The van der Waals surface area contributed by atoms with Gasteiger partial charge < -0.3 is 15.6 Å². The quantitative estimate of drug-likeness (QED) is 0.895. The summed E-state index contributed by atoms with van der Waals surface area (Å²) in [5, 5.41) is 9.61. The lowest BCUT2D eigenvalue weighted by Gasteiger charge is -2.20. The van der Waals surface area contributed by atoms with Crippen molar-refractivity contribution in [2.45, 2.75) is 32.4 Å². The summed E-state index contributed by atoms with van der Waals surface area (Å²) < 4.78 is 6.52. The Kier molecular flexibility index (Phi) is 4.35. The SMILES string of the molecule is C[C@@H](N)c1ccc(Br)cc1OCC(C)(C)O. The second kappa shape index (κ2) is 5.17. The molecule has 16 heavy (non-hydrogen) atoms. The van der Waals surface area contributed by atoms with Crippen molar-refractivity contribution >= 4 is 15.9 Å². The van der Waals surface area contributed by atoms with E-state index >= 15 is 0 Å². The number of nitrogens with two attached hydrogens (primary N) is 1. The van der Waals surface area contributed by atoms with E-state index in [1.165, 1.54) is 0 Å². The third kappa shape index (κ3) is 4.12. The minimum atomic E-state index is -0.850. The van der Waals surface area contributed by atoms with E-state index in [2.05, 4.69) is 15.9 Å². The van der Waals surface area contributed by atoms with E-state index in [9.17, 15) is 5.11 Å². The second-order valence-corrected chi connectivity index (χ2v) is 5.49. The van der Waals surface area contributed by atoms with Gasteiger partial charge in [0.25, 0.3) is 0 Å². The molecule has 0 saturated carbocycles. The first kappa shape index (κ1) is 13.5. The van der Waals surface area contributed by atoms with Crippen molar-refractivity contribution in [2.24, 2.45) is 5.73 Å². The van der Waals surface area contributed by atoms with E-state index in [1.54, 1.807) is 13.8 Å². The van der Waals surface area contributed by atoms with Crippen LogP contribution in [0.15, 0.2) is 22.7 Å². The summed E-state index contributed by atoms with van der Waals surface area (Å²) in [7, 11) is 0. The molecule has 0 bridgehead atoms. The van der Waals surface area contributed by atoms with Gasteiger partial charge in [0.15, 0.2) is 0 Å². The zero-order valence-corrected chi connectivity index (χ0v) is 11.4. The topological polar surface area (TPSA) is 55.5 Å². The van der Waals surface area contributed by atoms with Crippen molar-refractivity contribution in [3.63, 3.8) is 0 Å². The summed E-state index contributed by atoms with van der Waals surface area (Å²) in [5.74, 6) is 0.714. The van der Waals surface area contributed by atoms with Crippen molar-refractivity contribution in [2.75, 3.05) is 6.61 Å². The van der Waals surface area contributed by atoms with E-state index in [0.29, 0.717) is 5.75 Å². The monoisotopic (exact) mass is 287 g/mol. The van der Waals surface area contributed by atoms with Crippen LogP contribution in [-0.4, -0.2) is 17.3 Å². The molecule has 90 valence electrons. The molecular formula is C12H18BrNO2. The number of rotatable bonds is 4. The molecule has 1 aromatic rings. The normalized spacial score (nSPS) is 13.6. The van der Waals surface area contributed by atoms with Crippen LogP contribution in [0.3, 0.4) is 0 Å². The van der Waals surface area contributed by atoms with Crippen LogP contribution < -0.4 is 10.5 Å². The Hall–Kier alpha value is -0.580. The predicted molar refractivity (Wildman–Crippen MR) is 68.5 cm³/mol. The minimum Gasteiger partial charge on any atom is -0.490 e. The average molecular weight is 288 g/mol. The van der Waals surface area contributed by atoms with Crippen molar-refractivity contribution in [1.82, 2.24) is 0 Å². The molecule has 0 amide bonds. The zero-order valence-electron chi connectivity index (χ0n) is 9.83. The van der Waals surface area contributed by atoms with Gasteiger partial charge in [0.1, 0.15) is 12.4 Å². The number of ether oxygens (including phenoxy) is 1. The molecular weight excluding hydrogens is 270 g/mol. The molecule has 0 heterocycles. The van der Waals surface area contributed by atoms with Crippen LogP contribution in [0.4, 0.5) is 0 Å². The molecule has 0 aliphatic carbocycles. The smallest absolute Gasteiger partial charge is 0.125 e. The first-order valence-electron chi connectivity index (χ1n) is 5.20. The van der Waals surface area contributed by atoms with Crippen LogP contribution in [0.2, 0.25) is 0 Å². The van der Waals surface area contributed by atoms with Gasteiger partial charge in [-0.25, -0.2) is 0 Å². The maximum atomic E-state index is 9.61. The van der Waals surface area contributed by atoms with Gasteiger partial charge in [-0.2, -0.15) is 0 Å². The number of aliphatic hydroxyl groups is 1. The average Bonchev–Trinajstić information content (AvgIpc) is 2.13. The molecule has 0 fully saturated rings. The molecule has 0 unspecified atom stereocenters. The molecule has 0 aliphatic heterocycles. The minimum absolute atomic E-state index is 0.0927. The van der Waals surface area contributed by atoms with Crippen LogP contribution in [-0.2, 0) is 0 Å². The maximum absolute atomic E-state index is 9.61. The van der Waals surface area contributed by atoms with Gasteiger partial charge in [-0.3, -0.25) is 0 Å². The summed E-state index contributed by atoms with van der Waals surface area (Å²) in [6, 6.07) is 5.62. The Bertz CT molecular complexity index is 359. The Morgan fingerprint density at radius 3 is 2.62 bits per heavy atom. The third-order valence-electron chi connectivity index (χ3n) is 2.05. The largest absolute Gasteiger partial charge is 0.490 e. The Morgan fingerprint density at radius 1 is 1.50 bits per heavy atom. The van der Waals surface area contributed by atoms with Crippen LogP contribution in [0.25, 0.3) is 0 Å². The van der Waals surface area contributed by atoms with E-state index in [0.717, 1.165) is 10.0 Å². The molecule has 3 nitrogen and oxygen atoms in total. The highest BCUT2D eigenvalue weighted by Crippen LogP contribution is 2.28. The fourth-order valence-corrected chi connectivity index (χ4v) is 1.60. The van der Waals surface area contributed by atoms with Crippen LogP contribution >= 0.6 is 15.9 Å². The highest BCUT2D eigenvalue weighted by atomic mass is 79.9. The molecule has 0 saturated heterocycles. The van der Waals surface area contributed by atoms with Crippen molar-refractivity contribution in [3.8, 4) is 5.75 Å². The Morgan fingerprint density at radius 2 is 2.12 bits per heavy atom. The molecule has 4 heteroatoms. The van der Waals surface area contributed by atoms with Crippen molar-refractivity contribution in [1.29, 1.82) is 0 Å². The summed E-state index contributed by atoms with van der Waals surface area (Å²) in [6.07, 6.45) is 0. The fourth-order valence-electron chi connectivity index (χ4n) is 1.26. The standard InChI is InChI=1S/C12H18BrNO2/c1-8(14)10-5-4-9(13)6-11(10)16-7-12(2,3)15/h4-6,8,15H,7,14H2,1-3H3/t8-/m1/s1. The first-order valence-corrected chi connectivity index (χ1v) is 5.99. The van der Waals surface area contributed by atoms with Crippen LogP contribution in [0, 0.1) is 0 Å². The van der Waals surface area contributed by atoms with Gasteiger partial charge >= 0.3 is 0 Å². The number of hydrogen-bond acceptors (Lipinski definition) is 3. The van der Waals surface area contributed by atoms with Gasteiger partial charge in [0.05, 0.1) is 5.60 Å². The molecule has 1 atom stereocenters. The summed E-state index contributed by atoms with van der Waals surface area (Å²) >= 11 is 3.38. The van der Waals surface area contributed by atoms with Crippen molar-refractivity contribution in [3.05, 3.63) is 28.2 Å². The molecule has 1 rings (SSSR count). The van der Waals surface area contributed by atoms with Gasteiger partial charge in [0.2, 0.25) is 0 Å². The second-order valence-electron chi connectivity index (χ2n) is 4.57. The molecule has 0 radical (unpaired) electrons. The van der Waals surface area contributed by atoms with Gasteiger partial charge in [-0.1, -0.05) is 22.0 Å². The van der Waals surface area contributed by atoms with Crippen LogP contribution in [0.5, 0.6) is 5.75 Å². The highest BCUT2D eigenvalue weighted by molar-refractivity contribution is 9.10. The highest BCUT2D eigenvalue weighted by Gasteiger charge is 2.16. The Balaban J connectivity index is 2.88. The number of hydrogen-bond donors (Lipinski definition) is 2. The van der Waals surface area contributed by atoms with E-state index in [1.807, 2.05) is 25.1 Å². The number of halogens is 1. The number of benzene rings is 1. The van der Waals surface area contributed by atoms with E-state index in [-0.39, 0.29) is 12.6 Å². The lowest BCUT2D eigenvalue weighted by molar-refractivity contribution is 0.0280. The third-order valence-corrected chi connectivity index (χ3v) is 2.54. The molecule has 0 aromatic heterocycles. The van der Waals surface area contributed by atoms with Gasteiger partial charge in [-0.05, 0) is 32.9 Å². The van der Waals surface area contributed by atoms with Gasteiger partial charge in [-0.15, -0.1) is 0 Å². The summed E-state index contributed by atoms with van der Waals surface area (Å²) in [5.41, 5.74) is 5.93. The lowest BCUT2D eigenvalue weighted by atomic mass is 10.1. The Labute approximate surface area is 105 Å². The molecule has 3 N–H and O–H groups in total. The van der Waals surface area contributed by atoms with E-state index in [4.69, 9.17) is 10.5 Å². The van der Waals surface area contributed by atoms with E-state index < -0.39 is 5.60 Å². The van der Waals surface area contributed by atoms with Crippen LogP contribution in [0.1, 0.15) is 32.4 Å². The van der Waals surface area contributed by atoms with Crippen molar-refractivity contribution < 1.29 is 9.84 Å². The molecule has 1 aromatic carbocycles. The fraction of sp³-hybridized carbons (Fsp3) is 0.500. The zero-order chi connectivity index (χ0) is 12.3. The summed E-state index contributed by atoms with van der Waals surface area (Å²) in [6.45, 7) is 5.55.